The van der Waals surface area contributed by atoms with Crippen molar-refractivity contribution in [1.82, 2.24) is 0 Å². The number of benzene rings is 3. The summed E-state index contributed by atoms with van der Waals surface area (Å²) in [4.78, 5) is 11.1. The Labute approximate surface area is 210 Å². The highest BCUT2D eigenvalue weighted by molar-refractivity contribution is 5.72. The van der Waals surface area contributed by atoms with E-state index in [-0.39, 0.29) is 25.0 Å². The van der Waals surface area contributed by atoms with Crippen molar-refractivity contribution in [3.63, 3.8) is 0 Å². The van der Waals surface area contributed by atoms with Crippen LogP contribution in [0.1, 0.15) is 41.0 Å². The summed E-state index contributed by atoms with van der Waals surface area (Å²) in [6.07, 6.45) is 0.975. The molecule has 0 amide bonds. The maximum Gasteiger partial charge on any atom is 0.304 e. The smallest absolute Gasteiger partial charge is 0.304 e. The minimum atomic E-state index is -0.832. The van der Waals surface area contributed by atoms with Crippen LogP contribution in [0.15, 0.2) is 54.6 Å². The monoisotopic (exact) mass is 490 g/mol. The van der Waals surface area contributed by atoms with Crippen molar-refractivity contribution < 1.29 is 34.0 Å². The molecule has 2 aliphatic rings. The number of aliphatic hydroxyl groups is 1. The van der Waals surface area contributed by atoms with Crippen molar-refractivity contribution in [2.45, 2.75) is 45.0 Å². The van der Waals surface area contributed by atoms with Crippen LogP contribution in [0.25, 0.3) is 11.1 Å². The SMILES string of the molecule is Cc1cc(OC2CCOC2)cc(CO)c1-c1cccc(COc2ccc3c(c2)OCC3CC(=O)O)c1. The number of aliphatic hydroxyl groups excluding tert-OH is 1. The van der Waals surface area contributed by atoms with Crippen molar-refractivity contribution in [2.24, 2.45) is 0 Å². The van der Waals surface area contributed by atoms with Crippen LogP contribution in [0.4, 0.5) is 0 Å². The van der Waals surface area contributed by atoms with Crippen molar-refractivity contribution in [1.29, 1.82) is 0 Å². The molecule has 36 heavy (non-hydrogen) atoms. The highest BCUT2D eigenvalue weighted by Gasteiger charge is 2.26. The summed E-state index contributed by atoms with van der Waals surface area (Å²) in [5.41, 5.74) is 5.73. The second kappa shape index (κ2) is 10.6. The number of hydrogen-bond acceptors (Lipinski definition) is 6. The van der Waals surface area contributed by atoms with Crippen LogP contribution < -0.4 is 14.2 Å². The molecule has 2 heterocycles. The molecule has 2 N–H and O–H groups in total. The minimum absolute atomic E-state index is 0.0509. The van der Waals surface area contributed by atoms with E-state index in [0.29, 0.717) is 37.9 Å². The Morgan fingerprint density at radius 1 is 1.08 bits per heavy atom. The van der Waals surface area contributed by atoms with Gasteiger partial charge in [0.25, 0.3) is 0 Å². The topological polar surface area (TPSA) is 94.5 Å². The molecule has 3 aromatic carbocycles. The number of carboxylic acid groups (broad SMARTS) is 1. The normalized spacial score (nSPS) is 18.5. The summed E-state index contributed by atoms with van der Waals surface area (Å²) in [5.74, 6) is 1.14. The average Bonchev–Trinajstić information content (AvgIpc) is 3.52. The van der Waals surface area contributed by atoms with E-state index in [1.807, 2.05) is 55.5 Å². The van der Waals surface area contributed by atoms with Crippen LogP contribution in [-0.4, -0.2) is 42.1 Å². The fourth-order valence-electron chi connectivity index (χ4n) is 4.94. The van der Waals surface area contributed by atoms with Gasteiger partial charge in [-0.25, -0.2) is 0 Å². The maximum absolute atomic E-state index is 11.1. The van der Waals surface area contributed by atoms with Gasteiger partial charge in [-0.2, -0.15) is 0 Å². The van der Waals surface area contributed by atoms with Gasteiger partial charge < -0.3 is 29.2 Å². The maximum atomic E-state index is 11.1. The minimum Gasteiger partial charge on any atom is -0.492 e. The van der Waals surface area contributed by atoms with Crippen molar-refractivity contribution >= 4 is 5.97 Å². The summed E-state index contributed by atoms with van der Waals surface area (Å²) in [7, 11) is 0. The molecule has 5 rings (SSSR count). The van der Waals surface area contributed by atoms with Gasteiger partial charge in [0.1, 0.15) is 30.0 Å². The molecular weight excluding hydrogens is 460 g/mol. The molecule has 0 saturated carbocycles. The molecule has 0 spiro atoms. The lowest BCUT2D eigenvalue weighted by atomic mass is 9.94. The van der Waals surface area contributed by atoms with Gasteiger partial charge in [0.15, 0.2) is 0 Å². The fraction of sp³-hybridized carbons (Fsp3) is 0.345. The van der Waals surface area contributed by atoms with E-state index in [1.54, 1.807) is 0 Å². The number of carbonyl (C=O) groups is 1. The van der Waals surface area contributed by atoms with Crippen molar-refractivity contribution in [2.75, 3.05) is 19.8 Å². The van der Waals surface area contributed by atoms with Gasteiger partial charge in [-0.3, -0.25) is 4.79 Å². The first-order valence-electron chi connectivity index (χ1n) is 12.2. The quantitative estimate of drug-likeness (QED) is 0.443. The summed E-state index contributed by atoms with van der Waals surface area (Å²) < 4.78 is 23.2. The molecule has 2 unspecified atom stereocenters. The van der Waals surface area contributed by atoms with Crippen molar-refractivity contribution in [3.05, 3.63) is 76.9 Å². The molecule has 2 aliphatic heterocycles. The van der Waals surface area contributed by atoms with E-state index in [9.17, 15) is 9.90 Å². The van der Waals surface area contributed by atoms with Gasteiger partial charge in [-0.05, 0) is 59.0 Å². The molecule has 1 saturated heterocycles. The molecule has 188 valence electrons. The number of hydrogen-bond donors (Lipinski definition) is 2. The predicted octanol–water partition coefficient (Wildman–Crippen LogP) is 4.85. The van der Waals surface area contributed by atoms with E-state index in [0.717, 1.165) is 45.6 Å². The summed E-state index contributed by atoms with van der Waals surface area (Å²) in [5, 5.41) is 19.2. The lowest BCUT2D eigenvalue weighted by Gasteiger charge is -2.18. The third-order valence-corrected chi connectivity index (χ3v) is 6.66. The van der Waals surface area contributed by atoms with E-state index in [4.69, 9.17) is 24.1 Å². The number of carboxylic acids is 1. The van der Waals surface area contributed by atoms with Crippen LogP contribution in [0, 0.1) is 6.92 Å². The molecule has 0 bridgehead atoms. The third-order valence-electron chi connectivity index (χ3n) is 6.66. The molecule has 1 fully saturated rings. The highest BCUT2D eigenvalue weighted by Crippen LogP contribution is 2.38. The van der Waals surface area contributed by atoms with Crippen molar-refractivity contribution in [3.8, 4) is 28.4 Å². The molecule has 3 aromatic rings. The van der Waals surface area contributed by atoms with E-state index >= 15 is 0 Å². The predicted molar refractivity (Wildman–Crippen MR) is 134 cm³/mol. The molecule has 0 aromatic heterocycles. The van der Waals surface area contributed by atoms with Crippen LogP contribution in [-0.2, 0) is 22.7 Å². The zero-order valence-electron chi connectivity index (χ0n) is 20.2. The third kappa shape index (κ3) is 5.32. The van der Waals surface area contributed by atoms with Gasteiger partial charge in [0.05, 0.1) is 32.8 Å². The number of aliphatic carboxylic acids is 1. The Kier molecular flexibility index (Phi) is 7.11. The van der Waals surface area contributed by atoms with E-state index in [2.05, 4.69) is 6.07 Å². The number of rotatable bonds is 9. The summed E-state index contributed by atoms with van der Waals surface area (Å²) in [6.45, 7) is 3.98. The van der Waals surface area contributed by atoms with Crippen LogP contribution in [0.2, 0.25) is 0 Å². The second-order valence-corrected chi connectivity index (χ2v) is 9.33. The van der Waals surface area contributed by atoms with Gasteiger partial charge in [-0.15, -0.1) is 0 Å². The largest absolute Gasteiger partial charge is 0.492 e. The lowest BCUT2D eigenvalue weighted by molar-refractivity contribution is -0.137. The zero-order chi connectivity index (χ0) is 25.1. The highest BCUT2D eigenvalue weighted by atomic mass is 16.5. The van der Waals surface area contributed by atoms with Crippen LogP contribution in [0.5, 0.6) is 17.2 Å². The Bertz CT molecular complexity index is 1250. The number of ether oxygens (including phenoxy) is 4. The number of aryl methyl sites for hydroxylation is 1. The second-order valence-electron chi connectivity index (χ2n) is 9.33. The van der Waals surface area contributed by atoms with Gasteiger partial charge in [0, 0.05) is 24.0 Å². The first-order valence-corrected chi connectivity index (χ1v) is 12.2. The Morgan fingerprint density at radius 3 is 2.75 bits per heavy atom. The molecular formula is C29H30O7. The first-order chi connectivity index (χ1) is 17.5. The first kappa shape index (κ1) is 24.2. The molecule has 0 aliphatic carbocycles. The van der Waals surface area contributed by atoms with Crippen LogP contribution >= 0.6 is 0 Å². The zero-order valence-corrected chi connectivity index (χ0v) is 20.2. The summed E-state index contributed by atoms with van der Waals surface area (Å²) in [6, 6.07) is 17.6. The molecule has 7 heteroatoms. The van der Waals surface area contributed by atoms with Gasteiger partial charge in [-0.1, -0.05) is 24.3 Å². The average molecular weight is 491 g/mol. The Hall–Kier alpha value is -3.55. The van der Waals surface area contributed by atoms with Crippen LogP contribution in [0.3, 0.4) is 0 Å². The molecule has 7 nitrogen and oxygen atoms in total. The standard InChI is InChI=1S/C29H30O7/c1-18-9-25(36-24-7-8-33-17-24)11-21(14-30)29(18)20-4-2-3-19(10-20)15-34-23-5-6-26-22(12-28(31)32)16-35-27(26)13-23/h2-6,9-11,13,22,24,30H,7-8,12,14-17H2,1H3,(H,31,32). The Morgan fingerprint density at radius 2 is 1.97 bits per heavy atom. The summed E-state index contributed by atoms with van der Waals surface area (Å²) >= 11 is 0. The van der Waals surface area contributed by atoms with Gasteiger partial charge >= 0.3 is 5.97 Å². The number of fused-ring (bicyclic) bond motifs is 1. The Balaban J connectivity index is 1.30. The van der Waals surface area contributed by atoms with E-state index in [1.165, 1.54) is 0 Å². The lowest BCUT2D eigenvalue weighted by Crippen LogP contribution is -2.16. The molecule has 2 atom stereocenters. The van der Waals surface area contributed by atoms with Gasteiger partial charge in [0.2, 0.25) is 0 Å². The molecule has 0 radical (unpaired) electrons. The fourth-order valence-corrected chi connectivity index (χ4v) is 4.94. The van der Waals surface area contributed by atoms with E-state index < -0.39 is 5.97 Å².